The number of likely N-dealkylation sites (N-methyl/N-ethyl adjacent to an activating group) is 1. The molecule has 1 atom stereocenters. The van der Waals surface area contributed by atoms with Crippen LogP contribution in [0.25, 0.3) is 0 Å². The fraction of sp³-hybridized carbons (Fsp3) is 1.00. The van der Waals surface area contributed by atoms with Crippen LogP contribution in [0.4, 0.5) is 0 Å². The molecule has 0 radical (unpaired) electrons. The molecule has 0 aromatic rings. The van der Waals surface area contributed by atoms with Gasteiger partial charge < -0.3 is 10.2 Å². The zero-order valence-corrected chi connectivity index (χ0v) is 11.8. The molecule has 0 heterocycles. The minimum Gasteiger partial charge on any atom is -0.314 e. The lowest BCUT2D eigenvalue weighted by Gasteiger charge is -2.24. The lowest BCUT2D eigenvalue weighted by molar-refractivity contribution is 0.245. The standard InChI is InChI=1S/C11H26N2O2S/c1-5-6-11(2)13(3)9-7-12-8-10-16(4,14)15/h11-12H,5-10H2,1-4H3. The number of rotatable bonds is 9. The maximum Gasteiger partial charge on any atom is 0.148 e. The zero-order valence-electron chi connectivity index (χ0n) is 11.0. The van der Waals surface area contributed by atoms with E-state index in [9.17, 15) is 8.42 Å². The quantitative estimate of drug-likeness (QED) is 0.613. The molecule has 0 aliphatic heterocycles. The topological polar surface area (TPSA) is 49.4 Å². The highest BCUT2D eigenvalue weighted by Gasteiger charge is 2.07. The number of hydrogen-bond acceptors (Lipinski definition) is 4. The molecule has 1 N–H and O–H groups in total. The van der Waals surface area contributed by atoms with Crippen molar-refractivity contribution in [2.45, 2.75) is 32.7 Å². The van der Waals surface area contributed by atoms with E-state index in [1.54, 1.807) is 0 Å². The first-order chi connectivity index (χ1) is 7.37. The zero-order chi connectivity index (χ0) is 12.6. The first-order valence-corrected chi connectivity index (χ1v) is 8.01. The fourth-order valence-corrected chi connectivity index (χ4v) is 2.01. The van der Waals surface area contributed by atoms with Gasteiger partial charge >= 0.3 is 0 Å². The Balaban J connectivity index is 3.51. The predicted octanol–water partition coefficient (Wildman–Crippen LogP) is 0.741. The molecule has 0 fully saturated rings. The van der Waals surface area contributed by atoms with Crippen LogP contribution in [0, 0.1) is 0 Å². The number of sulfone groups is 1. The summed E-state index contributed by atoms with van der Waals surface area (Å²) in [6.45, 7) is 6.77. The molecule has 0 spiro atoms. The Labute approximate surface area is 100 Å². The molecular weight excluding hydrogens is 224 g/mol. The second-order valence-corrected chi connectivity index (χ2v) is 6.76. The summed E-state index contributed by atoms with van der Waals surface area (Å²) in [6, 6.07) is 0.599. The van der Waals surface area contributed by atoms with Gasteiger partial charge in [-0.05, 0) is 20.4 Å². The second kappa shape index (κ2) is 8.03. The SMILES string of the molecule is CCCC(C)N(C)CCNCCS(C)(=O)=O. The largest absolute Gasteiger partial charge is 0.314 e. The third kappa shape index (κ3) is 9.12. The molecule has 0 saturated carbocycles. The van der Waals surface area contributed by atoms with Gasteiger partial charge in [-0.15, -0.1) is 0 Å². The van der Waals surface area contributed by atoms with E-state index in [4.69, 9.17) is 0 Å². The minimum absolute atomic E-state index is 0.223. The average Bonchev–Trinajstić information content (AvgIpc) is 2.15. The van der Waals surface area contributed by atoms with Crippen molar-refractivity contribution in [3.8, 4) is 0 Å². The van der Waals surface area contributed by atoms with Crippen molar-refractivity contribution in [2.24, 2.45) is 0 Å². The van der Waals surface area contributed by atoms with Crippen molar-refractivity contribution in [3.63, 3.8) is 0 Å². The van der Waals surface area contributed by atoms with Crippen molar-refractivity contribution < 1.29 is 8.42 Å². The second-order valence-electron chi connectivity index (χ2n) is 4.50. The summed E-state index contributed by atoms with van der Waals surface area (Å²) >= 11 is 0. The lowest BCUT2D eigenvalue weighted by atomic mass is 10.2. The maximum absolute atomic E-state index is 10.9. The number of hydrogen-bond donors (Lipinski definition) is 1. The Bertz CT molecular complexity index is 265. The van der Waals surface area contributed by atoms with Crippen LogP contribution >= 0.6 is 0 Å². The van der Waals surface area contributed by atoms with Gasteiger partial charge in [-0.25, -0.2) is 8.42 Å². The van der Waals surface area contributed by atoms with Crippen LogP contribution in [0.5, 0.6) is 0 Å². The molecule has 16 heavy (non-hydrogen) atoms. The summed E-state index contributed by atoms with van der Waals surface area (Å²) < 4.78 is 21.7. The molecule has 0 amide bonds. The van der Waals surface area contributed by atoms with Crippen LogP contribution < -0.4 is 5.32 Å². The van der Waals surface area contributed by atoms with Crippen LogP contribution in [0.3, 0.4) is 0 Å². The van der Waals surface area contributed by atoms with E-state index in [0.717, 1.165) is 13.1 Å². The van der Waals surface area contributed by atoms with Crippen molar-refractivity contribution in [3.05, 3.63) is 0 Å². The summed E-state index contributed by atoms with van der Waals surface area (Å²) in [5, 5.41) is 3.15. The molecule has 5 heteroatoms. The van der Waals surface area contributed by atoms with Crippen LogP contribution in [0.15, 0.2) is 0 Å². The predicted molar refractivity (Wildman–Crippen MR) is 69.6 cm³/mol. The van der Waals surface area contributed by atoms with Gasteiger partial charge in [0.2, 0.25) is 0 Å². The van der Waals surface area contributed by atoms with E-state index >= 15 is 0 Å². The Hall–Kier alpha value is -0.130. The van der Waals surface area contributed by atoms with Gasteiger partial charge in [0, 0.05) is 31.9 Å². The van der Waals surface area contributed by atoms with Crippen molar-refractivity contribution in [1.29, 1.82) is 0 Å². The third-order valence-electron chi connectivity index (χ3n) is 2.75. The molecule has 0 aromatic carbocycles. The molecular formula is C11H26N2O2S. The summed E-state index contributed by atoms with van der Waals surface area (Å²) in [5.41, 5.74) is 0. The van der Waals surface area contributed by atoms with Gasteiger partial charge in [-0.1, -0.05) is 13.3 Å². The molecule has 0 rings (SSSR count). The molecule has 0 aromatic heterocycles. The van der Waals surface area contributed by atoms with E-state index in [1.807, 2.05) is 0 Å². The Kier molecular flexibility index (Phi) is 7.97. The number of nitrogens with one attached hydrogen (secondary N) is 1. The fourth-order valence-electron chi connectivity index (χ4n) is 1.50. The van der Waals surface area contributed by atoms with Gasteiger partial charge in [0.25, 0.3) is 0 Å². The normalized spacial score (nSPS) is 14.3. The first kappa shape index (κ1) is 15.9. The van der Waals surface area contributed by atoms with Crippen molar-refractivity contribution >= 4 is 9.84 Å². The summed E-state index contributed by atoms with van der Waals surface area (Å²) in [4.78, 5) is 2.30. The molecule has 0 saturated heterocycles. The van der Waals surface area contributed by atoms with Gasteiger partial charge in [0.15, 0.2) is 0 Å². The molecule has 0 aliphatic carbocycles. The van der Waals surface area contributed by atoms with Crippen LogP contribution in [0.2, 0.25) is 0 Å². The maximum atomic E-state index is 10.9. The summed E-state index contributed by atoms with van der Waals surface area (Å²) in [7, 11) is -0.716. The van der Waals surface area contributed by atoms with Gasteiger partial charge in [-0.3, -0.25) is 0 Å². The first-order valence-electron chi connectivity index (χ1n) is 5.95. The summed E-state index contributed by atoms with van der Waals surface area (Å²) in [5.74, 6) is 0.223. The van der Waals surface area contributed by atoms with E-state index in [-0.39, 0.29) is 5.75 Å². The highest BCUT2D eigenvalue weighted by Crippen LogP contribution is 2.02. The van der Waals surface area contributed by atoms with E-state index in [2.05, 4.69) is 31.1 Å². The van der Waals surface area contributed by atoms with Gasteiger partial charge in [0.1, 0.15) is 9.84 Å². The van der Waals surface area contributed by atoms with Gasteiger partial charge in [0.05, 0.1) is 5.75 Å². The van der Waals surface area contributed by atoms with Crippen LogP contribution in [-0.2, 0) is 9.84 Å². The molecule has 1 unspecified atom stereocenters. The Morgan fingerprint density at radius 3 is 2.44 bits per heavy atom. The molecule has 0 aliphatic rings. The van der Waals surface area contributed by atoms with E-state index in [1.165, 1.54) is 19.1 Å². The average molecular weight is 250 g/mol. The molecule has 98 valence electrons. The van der Waals surface area contributed by atoms with E-state index < -0.39 is 9.84 Å². The smallest absolute Gasteiger partial charge is 0.148 e. The van der Waals surface area contributed by atoms with Crippen molar-refractivity contribution in [2.75, 3.05) is 38.7 Å². The minimum atomic E-state index is -2.83. The number of nitrogens with zero attached hydrogens (tertiary/aromatic N) is 1. The summed E-state index contributed by atoms with van der Waals surface area (Å²) in [6.07, 6.45) is 3.68. The Morgan fingerprint density at radius 2 is 1.94 bits per heavy atom. The molecule has 0 bridgehead atoms. The highest BCUT2D eigenvalue weighted by molar-refractivity contribution is 7.90. The lowest BCUT2D eigenvalue weighted by Crippen LogP contribution is -2.36. The van der Waals surface area contributed by atoms with Gasteiger partial charge in [-0.2, -0.15) is 0 Å². The Morgan fingerprint density at radius 1 is 1.31 bits per heavy atom. The third-order valence-corrected chi connectivity index (χ3v) is 3.70. The van der Waals surface area contributed by atoms with Crippen molar-refractivity contribution in [1.82, 2.24) is 10.2 Å². The monoisotopic (exact) mass is 250 g/mol. The van der Waals surface area contributed by atoms with Crippen LogP contribution in [0.1, 0.15) is 26.7 Å². The highest BCUT2D eigenvalue weighted by atomic mass is 32.2. The van der Waals surface area contributed by atoms with E-state index in [0.29, 0.717) is 12.6 Å². The molecule has 4 nitrogen and oxygen atoms in total. The van der Waals surface area contributed by atoms with Crippen LogP contribution in [-0.4, -0.2) is 58.1 Å².